The van der Waals surface area contributed by atoms with E-state index >= 15 is 0 Å². The molecule has 3 nitrogen and oxygen atoms in total. The standard InChI is InChI=1S/C12H24N2O/c1-11-5-9-14(10-6-11)8-4-3-7-13-12(2)15/h11H,3-10H2,1-2H3,(H,13,15). The number of nitrogens with one attached hydrogen (secondary N) is 1. The summed E-state index contributed by atoms with van der Waals surface area (Å²) in [7, 11) is 0. The molecule has 0 aromatic rings. The van der Waals surface area contributed by atoms with Crippen LogP contribution in [-0.2, 0) is 4.79 Å². The lowest BCUT2D eigenvalue weighted by Crippen LogP contribution is -2.34. The Labute approximate surface area is 93.2 Å². The zero-order valence-corrected chi connectivity index (χ0v) is 10.1. The molecule has 88 valence electrons. The fraction of sp³-hybridized carbons (Fsp3) is 0.917. The molecular formula is C12H24N2O. The van der Waals surface area contributed by atoms with Crippen LogP contribution in [0, 0.1) is 5.92 Å². The minimum Gasteiger partial charge on any atom is -0.356 e. The molecule has 0 atom stereocenters. The second-order valence-corrected chi connectivity index (χ2v) is 4.71. The average Bonchev–Trinajstić information content (AvgIpc) is 2.20. The van der Waals surface area contributed by atoms with Gasteiger partial charge in [0.1, 0.15) is 0 Å². The van der Waals surface area contributed by atoms with E-state index in [-0.39, 0.29) is 5.91 Å². The van der Waals surface area contributed by atoms with Crippen LogP contribution in [0.2, 0.25) is 0 Å². The number of likely N-dealkylation sites (tertiary alicyclic amines) is 1. The molecule has 0 bridgehead atoms. The maximum atomic E-state index is 10.6. The smallest absolute Gasteiger partial charge is 0.216 e. The van der Waals surface area contributed by atoms with Gasteiger partial charge in [-0.1, -0.05) is 6.92 Å². The molecule has 3 heteroatoms. The summed E-state index contributed by atoms with van der Waals surface area (Å²) < 4.78 is 0. The Bertz CT molecular complexity index is 186. The topological polar surface area (TPSA) is 32.3 Å². The minimum absolute atomic E-state index is 0.0850. The van der Waals surface area contributed by atoms with Crippen molar-refractivity contribution in [1.82, 2.24) is 10.2 Å². The van der Waals surface area contributed by atoms with Crippen molar-refractivity contribution in [2.45, 2.75) is 39.5 Å². The third-order valence-corrected chi connectivity index (χ3v) is 3.15. The molecule has 1 fully saturated rings. The number of hydrogen-bond donors (Lipinski definition) is 1. The highest BCUT2D eigenvalue weighted by molar-refractivity contribution is 5.72. The fourth-order valence-corrected chi connectivity index (χ4v) is 2.01. The quantitative estimate of drug-likeness (QED) is 0.703. The largest absolute Gasteiger partial charge is 0.356 e. The molecule has 0 aromatic heterocycles. The van der Waals surface area contributed by atoms with Gasteiger partial charge in [0.05, 0.1) is 0 Å². The first-order valence-electron chi connectivity index (χ1n) is 6.15. The Hall–Kier alpha value is -0.570. The Balaban J connectivity index is 1.94. The number of unbranched alkanes of at least 4 members (excludes halogenated alkanes) is 1. The van der Waals surface area contributed by atoms with Gasteiger partial charge in [0.2, 0.25) is 5.91 Å². The molecule has 0 radical (unpaired) electrons. The van der Waals surface area contributed by atoms with Gasteiger partial charge in [-0.25, -0.2) is 0 Å². The van der Waals surface area contributed by atoms with Gasteiger partial charge in [-0.15, -0.1) is 0 Å². The molecule has 0 aromatic carbocycles. The number of rotatable bonds is 5. The lowest BCUT2D eigenvalue weighted by atomic mass is 9.99. The second kappa shape index (κ2) is 6.83. The van der Waals surface area contributed by atoms with Gasteiger partial charge in [0.25, 0.3) is 0 Å². The fourth-order valence-electron chi connectivity index (χ4n) is 2.01. The van der Waals surface area contributed by atoms with Crippen LogP contribution in [0.5, 0.6) is 0 Å². The summed E-state index contributed by atoms with van der Waals surface area (Å²) >= 11 is 0. The normalized spacial score (nSPS) is 19.1. The van der Waals surface area contributed by atoms with Crippen molar-refractivity contribution in [2.24, 2.45) is 5.92 Å². The monoisotopic (exact) mass is 212 g/mol. The molecule has 1 aliphatic rings. The Morgan fingerprint density at radius 3 is 2.60 bits per heavy atom. The molecule has 1 rings (SSSR count). The predicted octanol–water partition coefficient (Wildman–Crippen LogP) is 1.63. The highest BCUT2D eigenvalue weighted by Gasteiger charge is 2.14. The van der Waals surface area contributed by atoms with Crippen LogP contribution in [0.1, 0.15) is 39.5 Å². The number of carbonyl (C=O) groups is 1. The van der Waals surface area contributed by atoms with Gasteiger partial charge >= 0.3 is 0 Å². The summed E-state index contributed by atoms with van der Waals surface area (Å²) in [4.78, 5) is 13.2. The molecule has 1 N–H and O–H groups in total. The first-order valence-corrected chi connectivity index (χ1v) is 6.15. The molecule has 1 amide bonds. The Morgan fingerprint density at radius 2 is 2.00 bits per heavy atom. The van der Waals surface area contributed by atoms with Gasteiger partial charge < -0.3 is 10.2 Å². The van der Waals surface area contributed by atoms with Crippen LogP contribution < -0.4 is 5.32 Å². The highest BCUT2D eigenvalue weighted by atomic mass is 16.1. The van der Waals surface area contributed by atoms with E-state index in [0.29, 0.717) is 0 Å². The van der Waals surface area contributed by atoms with Crippen molar-refractivity contribution < 1.29 is 4.79 Å². The van der Waals surface area contributed by atoms with Crippen LogP contribution in [0.4, 0.5) is 0 Å². The first-order chi connectivity index (χ1) is 7.18. The summed E-state index contributed by atoms with van der Waals surface area (Å²) in [5.74, 6) is 1.00. The lowest BCUT2D eigenvalue weighted by molar-refractivity contribution is -0.118. The van der Waals surface area contributed by atoms with Crippen LogP contribution >= 0.6 is 0 Å². The summed E-state index contributed by atoms with van der Waals surface area (Å²) in [6, 6.07) is 0. The van der Waals surface area contributed by atoms with E-state index in [1.165, 1.54) is 38.9 Å². The van der Waals surface area contributed by atoms with Crippen LogP contribution in [0.3, 0.4) is 0 Å². The minimum atomic E-state index is 0.0850. The second-order valence-electron chi connectivity index (χ2n) is 4.71. The molecule has 0 aliphatic carbocycles. The Morgan fingerprint density at radius 1 is 1.33 bits per heavy atom. The van der Waals surface area contributed by atoms with Crippen molar-refractivity contribution >= 4 is 5.91 Å². The van der Waals surface area contributed by atoms with Crippen molar-refractivity contribution in [3.63, 3.8) is 0 Å². The van der Waals surface area contributed by atoms with E-state index in [1.807, 2.05) is 0 Å². The maximum Gasteiger partial charge on any atom is 0.216 e. The van der Waals surface area contributed by atoms with Crippen LogP contribution in [0.15, 0.2) is 0 Å². The number of amides is 1. The van der Waals surface area contributed by atoms with Gasteiger partial charge in [-0.3, -0.25) is 4.79 Å². The summed E-state index contributed by atoms with van der Waals surface area (Å²) in [6.45, 7) is 8.48. The molecular weight excluding hydrogens is 188 g/mol. The molecule has 1 aliphatic heterocycles. The zero-order valence-electron chi connectivity index (χ0n) is 10.1. The van der Waals surface area contributed by atoms with E-state index in [2.05, 4.69) is 17.1 Å². The number of carbonyl (C=O) groups excluding carboxylic acids is 1. The highest BCUT2D eigenvalue weighted by Crippen LogP contribution is 2.15. The van der Waals surface area contributed by atoms with E-state index in [4.69, 9.17) is 0 Å². The molecule has 1 heterocycles. The molecule has 1 saturated heterocycles. The first kappa shape index (κ1) is 12.5. The average molecular weight is 212 g/mol. The van der Waals surface area contributed by atoms with E-state index in [0.717, 1.165) is 18.9 Å². The van der Waals surface area contributed by atoms with E-state index < -0.39 is 0 Å². The summed E-state index contributed by atoms with van der Waals surface area (Å²) in [5, 5.41) is 2.83. The summed E-state index contributed by atoms with van der Waals surface area (Å²) in [6.07, 6.45) is 5.01. The van der Waals surface area contributed by atoms with Gasteiger partial charge in [-0.2, -0.15) is 0 Å². The predicted molar refractivity (Wildman–Crippen MR) is 62.8 cm³/mol. The van der Waals surface area contributed by atoms with Crippen LogP contribution in [0.25, 0.3) is 0 Å². The number of hydrogen-bond acceptors (Lipinski definition) is 2. The maximum absolute atomic E-state index is 10.6. The van der Waals surface area contributed by atoms with Gasteiger partial charge in [0, 0.05) is 13.5 Å². The third kappa shape index (κ3) is 5.78. The third-order valence-electron chi connectivity index (χ3n) is 3.15. The molecule has 0 unspecified atom stereocenters. The molecule has 0 spiro atoms. The van der Waals surface area contributed by atoms with Crippen molar-refractivity contribution in [3.05, 3.63) is 0 Å². The number of piperidine rings is 1. The number of nitrogens with zero attached hydrogens (tertiary/aromatic N) is 1. The van der Waals surface area contributed by atoms with Gasteiger partial charge in [-0.05, 0) is 51.2 Å². The van der Waals surface area contributed by atoms with E-state index in [9.17, 15) is 4.79 Å². The van der Waals surface area contributed by atoms with Crippen molar-refractivity contribution in [2.75, 3.05) is 26.2 Å². The van der Waals surface area contributed by atoms with Crippen LogP contribution in [-0.4, -0.2) is 37.0 Å². The van der Waals surface area contributed by atoms with E-state index in [1.54, 1.807) is 6.92 Å². The zero-order chi connectivity index (χ0) is 11.1. The lowest BCUT2D eigenvalue weighted by Gasteiger charge is -2.30. The van der Waals surface area contributed by atoms with Crippen molar-refractivity contribution in [1.29, 1.82) is 0 Å². The van der Waals surface area contributed by atoms with Gasteiger partial charge in [0.15, 0.2) is 0 Å². The molecule has 0 saturated carbocycles. The molecule has 15 heavy (non-hydrogen) atoms. The summed E-state index contributed by atoms with van der Waals surface area (Å²) in [5.41, 5.74) is 0. The van der Waals surface area contributed by atoms with Crippen molar-refractivity contribution in [3.8, 4) is 0 Å². The SMILES string of the molecule is CC(=O)NCCCCN1CCC(C)CC1. The Kier molecular flexibility index (Phi) is 5.69.